The van der Waals surface area contributed by atoms with Crippen molar-refractivity contribution in [3.8, 4) is 0 Å². The molecule has 0 aliphatic carbocycles. The average molecular weight is 228 g/mol. The smallest absolute Gasteiger partial charge is 0.153 e. The number of oxime groups is 1. The van der Waals surface area contributed by atoms with E-state index < -0.39 is 9.84 Å². The highest BCUT2D eigenvalue weighted by Crippen LogP contribution is 2.08. The largest absolute Gasteiger partial charge is 0.411 e. The van der Waals surface area contributed by atoms with E-state index in [0.717, 1.165) is 6.26 Å². The van der Waals surface area contributed by atoms with Gasteiger partial charge in [0, 0.05) is 17.5 Å². The molecule has 6 heteroatoms. The number of hydrogen-bond donors (Lipinski definition) is 2. The lowest BCUT2D eigenvalue weighted by Gasteiger charge is -2.03. The van der Waals surface area contributed by atoms with Gasteiger partial charge in [0.05, 0.1) is 5.75 Å². The quantitative estimate of drug-likeness (QED) is 0.341. The van der Waals surface area contributed by atoms with Crippen LogP contribution in [0.5, 0.6) is 0 Å². The van der Waals surface area contributed by atoms with E-state index in [2.05, 4.69) is 5.16 Å². The van der Waals surface area contributed by atoms with Gasteiger partial charge in [0.1, 0.15) is 5.71 Å². The van der Waals surface area contributed by atoms with Crippen molar-refractivity contribution in [3.63, 3.8) is 0 Å². The maximum atomic E-state index is 11.0. The zero-order chi connectivity index (χ0) is 11.5. The number of anilines is 1. The Balaban J connectivity index is 3.00. The third kappa shape index (κ3) is 3.59. The van der Waals surface area contributed by atoms with Crippen LogP contribution in [0.15, 0.2) is 29.4 Å². The Hall–Kier alpha value is -1.56. The first-order chi connectivity index (χ1) is 6.92. The van der Waals surface area contributed by atoms with Gasteiger partial charge in [-0.05, 0) is 12.1 Å². The van der Waals surface area contributed by atoms with E-state index in [-0.39, 0.29) is 11.5 Å². The Morgan fingerprint density at radius 3 is 2.33 bits per heavy atom. The van der Waals surface area contributed by atoms with Crippen LogP contribution in [0.4, 0.5) is 5.69 Å². The number of rotatable bonds is 3. The summed E-state index contributed by atoms with van der Waals surface area (Å²) in [5.74, 6) is -0.298. The van der Waals surface area contributed by atoms with E-state index in [1.165, 1.54) is 0 Å². The van der Waals surface area contributed by atoms with E-state index in [9.17, 15) is 8.42 Å². The fraction of sp³-hybridized carbons (Fsp3) is 0.222. The first-order valence-electron chi connectivity index (χ1n) is 4.17. The summed E-state index contributed by atoms with van der Waals surface area (Å²) in [6, 6.07) is 6.44. The molecule has 0 radical (unpaired) electrons. The lowest BCUT2D eigenvalue weighted by molar-refractivity contribution is 0.319. The Morgan fingerprint density at radius 1 is 1.40 bits per heavy atom. The van der Waals surface area contributed by atoms with Gasteiger partial charge < -0.3 is 10.9 Å². The molecule has 0 amide bonds. The average Bonchev–Trinajstić information content (AvgIpc) is 2.14. The highest BCUT2D eigenvalue weighted by molar-refractivity contribution is 7.91. The van der Waals surface area contributed by atoms with Gasteiger partial charge in [0.2, 0.25) is 0 Å². The van der Waals surface area contributed by atoms with Crippen molar-refractivity contribution in [1.29, 1.82) is 0 Å². The molecule has 0 aliphatic rings. The molecule has 15 heavy (non-hydrogen) atoms. The van der Waals surface area contributed by atoms with Crippen molar-refractivity contribution in [2.24, 2.45) is 5.16 Å². The van der Waals surface area contributed by atoms with Crippen molar-refractivity contribution in [2.75, 3.05) is 17.7 Å². The summed E-state index contributed by atoms with van der Waals surface area (Å²) in [6.45, 7) is 0. The molecular formula is C9H12N2O3S. The maximum absolute atomic E-state index is 11.0. The van der Waals surface area contributed by atoms with Crippen LogP contribution in [0.25, 0.3) is 0 Å². The molecule has 0 heterocycles. The topological polar surface area (TPSA) is 92.8 Å². The molecule has 1 aromatic carbocycles. The van der Waals surface area contributed by atoms with Crippen molar-refractivity contribution < 1.29 is 13.6 Å². The van der Waals surface area contributed by atoms with Crippen molar-refractivity contribution in [2.45, 2.75) is 0 Å². The van der Waals surface area contributed by atoms with Crippen LogP contribution in [0.3, 0.4) is 0 Å². The number of nitrogen functional groups attached to an aromatic ring is 1. The first kappa shape index (κ1) is 11.5. The van der Waals surface area contributed by atoms with Crippen molar-refractivity contribution in [3.05, 3.63) is 29.8 Å². The highest BCUT2D eigenvalue weighted by atomic mass is 32.2. The number of nitrogens with zero attached hydrogens (tertiary/aromatic N) is 1. The molecule has 0 spiro atoms. The Labute approximate surface area is 88.1 Å². The summed E-state index contributed by atoms with van der Waals surface area (Å²) in [5.41, 5.74) is 6.69. The van der Waals surface area contributed by atoms with E-state index in [4.69, 9.17) is 10.9 Å². The fourth-order valence-corrected chi connectivity index (χ4v) is 1.81. The van der Waals surface area contributed by atoms with Crippen LogP contribution in [0.1, 0.15) is 5.56 Å². The third-order valence-electron chi connectivity index (χ3n) is 1.76. The molecule has 0 atom stereocenters. The summed E-state index contributed by atoms with van der Waals surface area (Å²) in [4.78, 5) is 0. The predicted octanol–water partition coefficient (Wildman–Crippen LogP) is 0.492. The van der Waals surface area contributed by atoms with Crippen LogP contribution in [0.2, 0.25) is 0 Å². The van der Waals surface area contributed by atoms with Crippen LogP contribution in [-0.4, -0.2) is 31.3 Å². The zero-order valence-corrected chi connectivity index (χ0v) is 9.03. The van der Waals surface area contributed by atoms with Crippen LogP contribution >= 0.6 is 0 Å². The van der Waals surface area contributed by atoms with Crippen molar-refractivity contribution >= 4 is 21.2 Å². The van der Waals surface area contributed by atoms with Gasteiger partial charge in [0.15, 0.2) is 9.84 Å². The second-order valence-electron chi connectivity index (χ2n) is 3.24. The van der Waals surface area contributed by atoms with Gasteiger partial charge in [-0.1, -0.05) is 17.3 Å². The SMILES string of the molecule is CS(=O)(=O)CC(=NO)c1ccc(N)cc1. The molecule has 0 bridgehead atoms. The standard InChI is InChI=1S/C9H12N2O3S/c1-15(13,14)6-9(11-12)7-2-4-8(10)5-3-7/h2-5,12H,6,10H2,1H3. The van der Waals surface area contributed by atoms with Crippen LogP contribution in [0, 0.1) is 0 Å². The normalized spacial score (nSPS) is 12.7. The minimum Gasteiger partial charge on any atom is -0.411 e. The molecule has 5 nitrogen and oxygen atoms in total. The van der Waals surface area contributed by atoms with E-state index in [1.807, 2.05) is 0 Å². The van der Waals surface area contributed by atoms with E-state index in [0.29, 0.717) is 11.3 Å². The molecule has 0 aromatic heterocycles. The lowest BCUT2D eigenvalue weighted by atomic mass is 10.1. The summed E-state index contributed by atoms with van der Waals surface area (Å²) in [7, 11) is -3.22. The monoisotopic (exact) mass is 228 g/mol. The molecule has 82 valence electrons. The third-order valence-corrected chi connectivity index (χ3v) is 2.56. The Bertz CT molecular complexity index is 463. The van der Waals surface area contributed by atoms with E-state index >= 15 is 0 Å². The number of benzene rings is 1. The Morgan fingerprint density at radius 2 is 1.93 bits per heavy atom. The van der Waals surface area contributed by atoms with Gasteiger partial charge in [-0.2, -0.15) is 0 Å². The second kappa shape index (κ2) is 4.31. The second-order valence-corrected chi connectivity index (χ2v) is 5.38. The summed E-state index contributed by atoms with van der Waals surface area (Å²) < 4.78 is 22.0. The predicted molar refractivity (Wildman–Crippen MR) is 58.9 cm³/mol. The molecular weight excluding hydrogens is 216 g/mol. The fourth-order valence-electron chi connectivity index (χ4n) is 1.09. The molecule has 0 saturated carbocycles. The van der Waals surface area contributed by atoms with Gasteiger partial charge in [-0.25, -0.2) is 8.42 Å². The zero-order valence-electron chi connectivity index (χ0n) is 8.21. The Kier molecular flexibility index (Phi) is 3.31. The molecule has 3 N–H and O–H groups in total. The molecule has 1 aromatic rings. The number of nitrogens with two attached hydrogens (primary N) is 1. The van der Waals surface area contributed by atoms with Crippen LogP contribution < -0.4 is 5.73 Å². The minimum absolute atomic E-state index is 0.109. The van der Waals surface area contributed by atoms with Crippen LogP contribution in [-0.2, 0) is 9.84 Å². The van der Waals surface area contributed by atoms with Gasteiger partial charge in [-0.15, -0.1) is 0 Å². The van der Waals surface area contributed by atoms with Gasteiger partial charge in [0.25, 0.3) is 0 Å². The minimum atomic E-state index is -3.22. The molecule has 0 saturated heterocycles. The number of sulfone groups is 1. The summed E-state index contributed by atoms with van der Waals surface area (Å²) >= 11 is 0. The first-order valence-corrected chi connectivity index (χ1v) is 6.23. The van der Waals surface area contributed by atoms with Crippen molar-refractivity contribution in [1.82, 2.24) is 0 Å². The molecule has 0 aliphatic heterocycles. The number of hydrogen-bond acceptors (Lipinski definition) is 5. The molecule has 0 fully saturated rings. The summed E-state index contributed by atoms with van der Waals surface area (Å²) in [6.07, 6.45) is 1.08. The van der Waals surface area contributed by atoms with E-state index in [1.54, 1.807) is 24.3 Å². The molecule has 0 unspecified atom stereocenters. The summed E-state index contributed by atoms with van der Waals surface area (Å²) in [5, 5.41) is 11.7. The highest BCUT2D eigenvalue weighted by Gasteiger charge is 2.11. The maximum Gasteiger partial charge on any atom is 0.153 e. The molecule has 1 rings (SSSR count). The lowest BCUT2D eigenvalue weighted by Crippen LogP contribution is -2.15. The van der Waals surface area contributed by atoms with Gasteiger partial charge in [-0.3, -0.25) is 0 Å². The van der Waals surface area contributed by atoms with Gasteiger partial charge >= 0.3 is 0 Å².